The number of fused-ring (bicyclic) bond motifs is 1. The molecule has 0 unspecified atom stereocenters. The van der Waals surface area contributed by atoms with Crippen LogP contribution in [0.4, 0.5) is 10.6 Å². The highest BCUT2D eigenvalue weighted by atomic mass is 32.1. The highest BCUT2D eigenvalue weighted by molar-refractivity contribution is 7.10. The molecule has 0 aliphatic carbocycles. The Morgan fingerprint density at radius 3 is 3.00 bits per heavy atom. The fourth-order valence-corrected chi connectivity index (χ4v) is 2.77. The highest BCUT2D eigenvalue weighted by Gasteiger charge is 2.08. The van der Waals surface area contributed by atoms with Crippen LogP contribution >= 0.6 is 11.3 Å². The van der Waals surface area contributed by atoms with Gasteiger partial charge in [0.15, 0.2) is 5.65 Å². The molecular formula is C16H15N5O2S. The van der Waals surface area contributed by atoms with Crippen molar-refractivity contribution in [3.8, 4) is 11.3 Å². The van der Waals surface area contributed by atoms with Crippen LogP contribution in [0.1, 0.15) is 4.88 Å². The molecule has 0 aromatic carbocycles. The average molecular weight is 341 g/mol. The first-order valence-electron chi connectivity index (χ1n) is 7.18. The number of amides is 2. The second-order valence-corrected chi connectivity index (χ2v) is 5.87. The summed E-state index contributed by atoms with van der Waals surface area (Å²) in [6.07, 6.45) is 3.25. The lowest BCUT2D eigenvalue weighted by molar-refractivity contribution is 0.253. The SMILES string of the molecule is C=CCNC(=O)Nc1ccc2ncc(-c3csc(CO)c3)nc2n1. The molecule has 0 aliphatic heterocycles. The van der Waals surface area contributed by atoms with E-state index in [9.17, 15) is 4.79 Å². The number of hydrogen-bond donors (Lipinski definition) is 3. The molecule has 3 aromatic rings. The molecule has 0 atom stereocenters. The van der Waals surface area contributed by atoms with Gasteiger partial charge in [0.05, 0.1) is 18.5 Å². The Kier molecular flexibility index (Phi) is 4.78. The molecular weight excluding hydrogens is 326 g/mol. The molecule has 24 heavy (non-hydrogen) atoms. The largest absolute Gasteiger partial charge is 0.391 e. The molecule has 7 nitrogen and oxygen atoms in total. The van der Waals surface area contributed by atoms with Crippen molar-refractivity contribution in [2.45, 2.75) is 6.61 Å². The maximum atomic E-state index is 11.7. The van der Waals surface area contributed by atoms with Gasteiger partial charge in [0.1, 0.15) is 11.3 Å². The van der Waals surface area contributed by atoms with Gasteiger partial charge in [-0.05, 0) is 18.2 Å². The van der Waals surface area contributed by atoms with Crippen LogP contribution in [0.25, 0.3) is 22.4 Å². The van der Waals surface area contributed by atoms with E-state index in [1.54, 1.807) is 24.4 Å². The fourth-order valence-electron chi connectivity index (χ4n) is 2.03. The Bertz CT molecular complexity index is 893. The Balaban J connectivity index is 1.87. The number of nitrogens with zero attached hydrogens (tertiary/aromatic N) is 3. The van der Waals surface area contributed by atoms with Gasteiger partial charge in [0, 0.05) is 22.4 Å². The van der Waals surface area contributed by atoms with Gasteiger partial charge in [-0.15, -0.1) is 17.9 Å². The molecule has 2 amide bonds. The average Bonchev–Trinajstić information content (AvgIpc) is 3.08. The first kappa shape index (κ1) is 16.0. The number of nitrogens with one attached hydrogen (secondary N) is 2. The van der Waals surface area contributed by atoms with Gasteiger partial charge >= 0.3 is 6.03 Å². The summed E-state index contributed by atoms with van der Waals surface area (Å²) in [6, 6.07) is 4.91. The van der Waals surface area contributed by atoms with Gasteiger partial charge in [-0.3, -0.25) is 10.3 Å². The third kappa shape index (κ3) is 3.55. The standard InChI is InChI=1S/C16H15N5O2S/c1-2-5-17-16(23)21-14-4-3-12-15(20-14)19-13(7-18-12)10-6-11(8-22)24-9-10/h2-4,6-7,9,22H,1,5,8H2,(H2,17,19,20,21,23). The number of pyridine rings is 1. The number of hydrogen-bond acceptors (Lipinski definition) is 6. The number of anilines is 1. The normalized spacial score (nSPS) is 10.5. The summed E-state index contributed by atoms with van der Waals surface area (Å²) in [7, 11) is 0. The topological polar surface area (TPSA) is 100 Å². The minimum absolute atomic E-state index is 0.00217. The van der Waals surface area contributed by atoms with Crippen LogP contribution in [0.2, 0.25) is 0 Å². The van der Waals surface area contributed by atoms with Gasteiger partial charge < -0.3 is 10.4 Å². The van der Waals surface area contributed by atoms with Gasteiger partial charge in [0.2, 0.25) is 0 Å². The number of aliphatic hydroxyl groups is 1. The number of carbonyl (C=O) groups is 1. The lowest BCUT2D eigenvalue weighted by Crippen LogP contribution is -2.28. The van der Waals surface area contributed by atoms with E-state index < -0.39 is 0 Å². The Morgan fingerprint density at radius 2 is 2.25 bits per heavy atom. The van der Waals surface area contributed by atoms with Crippen LogP contribution in [0, 0.1) is 0 Å². The quantitative estimate of drug-likeness (QED) is 0.619. The first-order valence-corrected chi connectivity index (χ1v) is 8.06. The predicted molar refractivity (Wildman–Crippen MR) is 93.8 cm³/mol. The number of urea groups is 1. The van der Waals surface area contributed by atoms with E-state index in [-0.39, 0.29) is 12.6 Å². The van der Waals surface area contributed by atoms with E-state index >= 15 is 0 Å². The Labute approximate surface area is 142 Å². The van der Waals surface area contributed by atoms with Gasteiger partial charge in [-0.2, -0.15) is 0 Å². The smallest absolute Gasteiger partial charge is 0.320 e. The summed E-state index contributed by atoms with van der Waals surface area (Å²) in [5.41, 5.74) is 2.61. The molecule has 0 radical (unpaired) electrons. The summed E-state index contributed by atoms with van der Waals surface area (Å²) in [5.74, 6) is 0.386. The molecule has 3 aromatic heterocycles. The summed E-state index contributed by atoms with van der Waals surface area (Å²) >= 11 is 1.46. The first-order chi connectivity index (χ1) is 11.7. The van der Waals surface area contributed by atoms with Crippen molar-refractivity contribution in [3.63, 3.8) is 0 Å². The number of aromatic nitrogens is 3. The summed E-state index contributed by atoms with van der Waals surface area (Å²) in [4.78, 5) is 25.7. The van der Waals surface area contributed by atoms with Crippen LogP contribution in [-0.4, -0.2) is 32.6 Å². The molecule has 3 heterocycles. The second kappa shape index (κ2) is 7.16. The molecule has 3 N–H and O–H groups in total. The summed E-state index contributed by atoms with van der Waals surface area (Å²) in [5, 5.41) is 16.3. The summed E-state index contributed by atoms with van der Waals surface area (Å²) < 4.78 is 0. The minimum atomic E-state index is -0.365. The number of rotatable bonds is 5. The molecule has 3 rings (SSSR count). The van der Waals surface area contributed by atoms with Crippen molar-refractivity contribution in [3.05, 3.63) is 47.3 Å². The predicted octanol–water partition coefficient (Wildman–Crippen LogP) is 2.55. The van der Waals surface area contributed by atoms with Gasteiger partial charge in [0.25, 0.3) is 0 Å². The maximum Gasteiger partial charge on any atom is 0.320 e. The maximum absolute atomic E-state index is 11.7. The van der Waals surface area contributed by atoms with Crippen LogP contribution in [0.15, 0.2) is 42.4 Å². The van der Waals surface area contributed by atoms with Crippen LogP contribution in [-0.2, 0) is 6.61 Å². The summed E-state index contributed by atoms with van der Waals surface area (Å²) in [6.45, 7) is 3.90. The molecule has 0 spiro atoms. The second-order valence-electron chi connectivity index (χ2n) is 4.88. The third-order valence-corrected chi connectivity index (χ3v) is 4.08. The lowest BCUT2D eigenvalue weighted by atomic mass is 10.2. The monoisotopic (exact) mass is 341 g/mol. The molecule has 8 heteroatoms. The zero-order chi connectivity index (χ0) is 16.9. The molecule has 0 bridgehead atoms. The Hall–Kier alpha value is -2.84. The zero-order valence-electron chi connectivity index (χ0n) is 12.7. The van der Waals surface area contributed by atoms with E-state index in [0.717, 1.165) is 10.4 Å². The molecule has 0 fully saturated rings. The fraction of sp³-hybridized carbons (Fsp3) is 0.125. The van der Waals surface area contributed by atoms with E-state index in [1.165, 1.54) is 11.3 Å². The lowest BCUT2D eigenvalue weighted by Gasteiger charge is -2.06. The highest BCUT2D eigenvalue weighted by Crippen LogP contribution is 2.25. The zero-order valence-corrected chi connectivity index (χ0v) is 13.5. The third-order valence-electron chi connectivity index (χ3n) is 3.16. The van der Waals surface area contributed by atoms with Crippen molar-refractivity contribution in [2.75, 3.05) is 11.9 Å². The van der Waals surface area contributed by atoms with Crippen LogP contribution in [0.5, 0.6) is 0 Å². The van der Waals surface area contributed by atoms with Gasteiger partial charge in [-0.25, -0.2) is 14.8 Å². The van der Waals surface area contributed by atoms with E-state index in [0.29, 0.717) is 29.2 Å². The van der Waals surface area contributed by atoms with E-state index in [1.807, 2.05) is 11.4 Å². The van der Waals surface area contributed by atoms with E-state index in [2.05, 4.69) is 32.2 Å². The van der Waals surface area contributed by atoms with Crippen LogP contribution in [0.3, 0.4) is 0 Å². The Morgan fingerprint density at radius 1 is 1.38 bits per heavy atom. The van der Waals surface area contributed by atoms with Crippen molar-refractivity contribution in [2.24, 2.45) is 0 Å². The van der Waals surface area contributed by atoms with Crippen molar-refractivity contribution < 1.29 is 9.90 Å². The van der Waals surface area contributed by atoms with Crippen molar-refractivity contribution in [1.29, 1.82) is 0 Å². The van der Waals surface area contributed by atoms with Gasteiger partial charge in [-0.1, -0.05) is 6.08 Å². The molecule has 0 saturated carbocycles. The number of carbonyl (C=O) groups excluding carboxylic acids is 1. The molecule has 0 aliphatic rings. The number of thiophene rings is 1. The van der Waals surface area contributed by atoms with E-state index in [4.69, 9.17) is 5.11 Å². The molecule has 122 valence electrons. The number of aliphatic hydroxyl groups excluding tert-OH is 1. The van der Waals surface area contributed by atoms with Crippen molar-refractivity contribution in [1.82, 2.24) is 20.3 Å². The molecule has 0 saturated heterocycles. The minimum Gasteiger partial charge on any atom is -0.391 e. The van der Waals surface area contributed by atoms with Crippen molar-refractivity contribution >= 4 is 34.3 Å². The van der Waals surface area contributed by atoms with Crippen LogP contribution < -0.4 is 10.6 Å².